The van der Waals surface area contributed by atoms with Gasteiger partial charge in [0.2, 0.25) is 11.8 Å². The van der Waals surface area contributed by atoms with Crippen molar-refractivity contribution >= 4 is 5.91 Å². The number of nitrogens with two attached hydrogens (primary N) is 1. The quantitative estimate of drug-likeness (QED) is 0.731. The molecule has 0 radical (unpaired) electrons. The molecule has 1 amide bonds. The Morgan fingerprint density at radius 1 is 1.60 bits per heavy atom. The summed E-state index contributed by atoms with van der Waals surface area (Å²) in [6.45, 7) is 5.81. The molecule has 0 atom stereocenters. The van der Waals surface area contributed by atoms with Gasteiger partial charge in [0.1, 0.15) is 0 Å². The zero-order valence-corrected chi connectivity index (χ0v) is 9.20. The number of amides is 1. The van der Waals surface area contributed by atoms with E-state index in [4.69, 9.17) is 10.3 Å². The zero-order valence-electron chi connectivity index (χ0n) is 9.20. The first-order valence-corrected chi connectivity index (χ1v) is 4.73. The second-order valence-corrected chi connectivity index (χ2v) is 4.01. The first-order valence-electron chi connectivity index (χ1n) is 4.73. The van der Waals surface area contributed by atoms with Crippen LogP contribution in [0.3, 0.4) is 0 Å². The predicted octanol–water partition coefficient (Wildman–Crippen LogP) is -0.0209. The van der Waals surface area contributed by atoms with E-state index >= 15 is 0 Å². The summed E-state index contributed by atoms with van der Waals surface area (Å²) >= 11 is 0. The first kappa shape index (κ1) is 11.6. The largest absolute Gasteiger partial charge is 0.347 e. The van der Waals surface area contributed by atoms with Crippen LogP contribution in [-0.4, -0.2) is 22.6 Å². The first-order chi connectivity index (χ1) is 6.95. The summed E-state index contributed by atoms with van der Waals surface area (Å²) in [6, 6.07) is 0. The Kier molecular flexibility index (Phi) is 3.41. The standard InChI is InChI=1S/C9H16N4O2/c1-6-12-7(15-13-6)4-11-8(14)9(2,3)5-10/h4-5,10H2,1-3H3,(H,11,14). The fourth-order valence-corrected chi connectivity index (χ4v) is 0.900. The van der Waals surface area contributed by atoms with E-state index in [1.54, 1.807) is 20.8 Å². The molecule has 6 heteroatoms. The van der Waals surface area contributed by atoms with E-state index in [-0.39, 0.29) is 12.5 Å². The van der Waals surface area contributed by atoms with Gasteiger partial charge in [-0.15, -0.1) is 0 Å². The second-order valence-electron chi connectivity index (χ2n) is 4.01. The lowest BCUT2D eigenvalue weighted by atomic mass is 9.93. The van der Waals surface area contributed by atoms with Crippen LogP contribution in [0.5, 0.6) is 0 Å². The molecule has 0 saturated heterocycles. The van der Waals surface area contributed by atoms with Crippen LogP contribution in [0.4, 0.5) is 0 Å². The molecule has 1 aromatic rings. The summed E-state index contributed by atoms with van der Waals surface area (Å²) in [6.07, 6.45) is 0. The lowest BCUT2D eigenvalue weighted by molar-refractivity contribution is -0.129. The lowest BCUT2D eigenvalue weighted by Gasteiger charge is -2.20. The van der Waals surface area contributed by atoms with Gasteiger partial charge in [0.25, 0.3) is 0 Å². The number of nitrogens with zero attached hydrogens (tertiary/aromatic N) is 2. The molecular weight excluding hydrogens is 196 g/mol. The molecule has 0 fully saturated rings. The normalized spacial score (nSPS) is 11.5. The summed E-state index contributed by atoms with van der Waals surface area (Å²) in [7, 11) is 0. The van der Waals surface area contributed by atoms with Gasteiger partial charge in [0.15, 0.2) is 5.82 Å². The highest BCUT2D eigenvalue weighted by molar-refractivity contribution is 5.81. The van der Waals surface area contributed by atoms with Crippen LogP contribution in [0.25, 0.3) is 0 Å². The highest BCUT2D eigenvalue weighted by Crippen LogP contribution is 2.12. The number of aryl methyl sites for hydroxylation is 1. The molecule has 84 valence electrons. The van der Waals surface area contributed by atoms with E-state index < -0.39 is 5.41 Å². The smallest absolute Gasteiger partial charge is 0.246 e. The molecule has 3 N–H and O–H groups in total. The summed E-state index contributed by atoms with van der Waals surface area (Å²) in [5.41, 5.74) is 4.89. The number of hydrogen-bond acceptors (Lipinski definition) is 5. The number of hydrogen-bond donors (Lipinski definition) is 2. The molecule has 0 bridgehead atoms. The predicted molar refractivity (Wildman–Crippen MR) is 53.7 cm³/mol. The van der Waals surface area contributed by atoms with Gasteiger partial charge in [-0.1, -0.05) is 5.16 Å². The Morgan fingerprint density at radius 3 is 2.73 bits per heavy atom. The van der Waals surface area contributed by atoms with Crippen molar-refractivity contribution in [3.8, 4) is 0 Å². The fourth-order valence-electron chi connectivity index (χ4n) is 0.900. The van der Waals surface area contributed by atoms with E-state index in [0.717, 1.165) is 0 Å². The maximum Gasteiger partial charge on any atom is 0.246 e. The topological polar surface area (TPSA) is 94.0 Å². The maximum absolute atomic E-state index is 11.6. The minimum Gasteiger partial charge on any atom is -0.347 e. The number of carbonyl (C=O) groups is 1. The lowest BCUT2D eigenvalue weighted by Crippen LogP contribution is -2.41. The number of carbonyl (C=O) groups excluding carboxylic acids is 1. The van der Waals surface area contributed by atoms with Crippen LogP contribution in [0.15, 0.2) is 4.52 Å². The van der Waals surface area contributed by atoms with Crippen molar-refractivity contribution in [2.24, 2.45) is 11.1 Å². The Hall–Kier alpha value is -1.43. The van der Waals surface area contributed by atoms with Crippen LogP contribution < -0.4 is 11.1 Å². The number of rotatable bonds is 4. The minimum absolute atomic E-state index is 0.124. The molecule has 0 aliphatic rings. The monoisotopic (exact) mass is 212 g/mol. The third-order valence-corrected chi connectivity index (χ3v) is 2.09. The number of nitrogens with one attached hydrogen (secondary N) is 1. The van der Waals surface area contributed by atoms with Gasteiger partial charge in [-0.25, -0.2) is 0 Å². The average Bonchev–Trinajstić information content (AvgIpc) is 2.60. The van der Waals surface area contributed by atoms with Crippen molar-refractivity contribution in [2.45, 2.75) is 27.3 Å². The van der Waals surface area contributed by atoms with Crippen LogP contribution in [0.2, 0.25) is 0 Å². The van der Waals surface area contributed by atoms with E-state index in [0.29, 0.717) is 18.3 Å². The fraction of sp³-hybridized carbons (Fsp3) is 0.667. The average molecular weight is 212 g/mol. The highest BCUT2D eigenvalue weighted by Gasteiger charge is 2.25. The van der Waals surface area contributed by atoms with E-state index in [2.05, 4.69) is 15.5 Å². The van der Waals surface area contributed by atoms with Crippen molar-refractivity contribution in [1.29, 1.82) is 0 Å². The molecule has 0 aliphatic heterocycles. The Bertz CT molecular complexity index is 346. The summed E-state index contributed by atoms with van der Waals surface area (Å²) in [5.74, 6) is 0.826. The molecule has 0 aliphatic carbocycles. The van der Waals surface area contributed by atoms with Gasteiger partial charge in [-0.3, -0.25) is 4.79 Å². The van der Waals surface area contributed by atoms with Gasteiger partial charge < -0.3 is 15.6 Å². The Labute approximate surface area is 88.2 Å². The molecule has 0 saturated carbocycles. The van der Waals surface area contributed by atoms with Crippen LogP contribution >= 0.6 is 0 Å². The van der Waals surface area contributed by atoms with Gasteiger partial charge in [0.05, 0.1) is 12.0 Å². The van der Waals surface area contributed by atoms with Gasteiger partial charge in [-0.05, 0) is 20.8 Å². The molecule has 0 unspecified atom stereocenters. The second kappa shape index (κ2) is 4.39. The van der Waals surface area contributed by atoms with Crippen LogP contribution in [0.1, 0.15) is 25.6 Å². The molecule has 1 aromatic heterocycles. The third-order valence-electron chi connectivity index (χ3n) is 2.09. The molecule has 1 rings (SSSR count). The van der Waals surface area contributed by atoms with E-state index in [9.17, 15) is 4.79 Å². The van der Waals surface area contributed by atoms with E-state index in [1.165, 1.54) is 0 Å². The van der Waals surface area contributed by atoms with Crippen molar-refractivity contribution < 1.29 is 9.32 Å². The van der Waals surface area contributed by atoms with Crippen molar-refractivity contribution in [3.63, 3.8) is 0 Å². The molecule has 6 nitrogen and oxygen atoms in total. The third kappa shape index (κ3) is 3.02. The molecule has 0 aromatic carbocycles. The molecular formula is C9H16N4O2. The SMILES string of the molecule is Cc1noc(CNC(=O)C(C)(C)CN)n1. The highest BCUT2D eigenvalue weighted by atomic mass is 16.5. The molecule has 15 heavy (non-hydrogen) atoms. The number of aromatic nitrogens is 2. The van der Waals surface area contributed by atoms with Crippen molar-refractivity contribution in [2.75, 3.05) is 6.54 Å². The van der Waals surface area contributed by atoms with Crippen molar-refractivity contribution in [1.82, 2.24) is 15.5 Å². The van der Waals surface area contributed by atoms with Gasteiger partial charge >= 0.3 is 0 Å². The molecule has 0 spiro atoms. The Balaban J connectivity index is 2.47. The van der Waals surface area contributed by atoms with Crippen LogP contribution in [0, 0.1) is 12.3 Å². The van der Waals surface area contributed by atoms with Gasteiger partial charge in [0, 0.05) is 6.54 Å². The Morgan fingerprint density at radius 2 is 2.27 bits per heavy atom. The molecule has 1 heterocycles. The van der Waals surface area contributed by atoms with Gasteiger partial charge in [-0.2, -0.15) is 4.98 Å². The summed E-state index contributed by atoms with van der Waals surface area (Å²) in [5, 5.41) is 6.30. The zero-order chi connectivity index (χ0) is 11.5. The van der Waals surface area contributed by atoms with Crippen LogP contribution in [-0.2, 0) is 11.3 Å². The maximum atomic E-state index is 11.6. The van der Waals surface area contributed by atoms with Crippen molar-refractivity contribution in [3.05, 3.63) is 11.7 Å². The summed E-state index contributed by atoms with van der Waals surface area (Å²) < 4.78 is 4.85. The van der Waals surface area contributed by atoms with E-state index in [1.807, 2.05) is 0 Å². The summed E-state index contributed by atoms with van der Waals surface area (Å²) in [4.78, 5) is 15.6. The minimum atomic E-state index is -0.574.